The molecule has 0 saturated carbocycles. The van der Waals surface area contributed by atoms with Gasteiger partial charge >= 0.3 is 0 Å². The molecule has 0 aromatic carbocycles. The second-order valence-corrected chi connectivity index (χ2v) is 7.95. The number of aliphatic hydroxyl groups is 5. The zero-order chi connectivity index (χ0) is 19.4. The highest BCUT2D eigenvalue weighted by Gasteiger charge is 2.44. The van der Waals surface area contributed by atoms with Gasteiger partial charge in [0.25, 0.3) is 10.4 Å². The molecule has 1 unspecified atom stereocenters. The number of nitrogens with zero attached hydrogens (tertiary/aromatic N) is 1. The lowest BCUT2D eigenvalue weighted by Gasteiger charge is -2.39. The first-order valence-corrected chi connectivity index (χ1v) is 9.52. The van der Waals surface area contributed by atoms with Crippen LogP contribution in [0.5, 0.6) is 0 Å². The minimum Gasteiger partial charge on any atom is -0.714 e. The van der Waals surface area contributed by atoms with Gasteiger partial charge in [-0.05, 0) is 13.3 Å². The molecule has 1 aliphatic heterocycles. The van der Waals surface area contributed by atoms with Crippen molar-refractivity contribution >= 4 is 27.2 Å². The first-order chi connectivity index (χ1) is 11.4. The van der Waals surface area contributed by atoms with Crippen LogP contribution in [0.1, 0.15) is 26.7 Å². The molecule has 1 aliphatic rings. The largest absolute Gasteiger partial charge is 0.714 e. The maximum absolute atomic E-state index is 10.6. The first-order valence-electron chi connectivity index (χ1n) is 7.31. The fraction of sp³-hybridized carbons (Fsp3) is 0.917. The van der Waals surface area contributed by atoms with Gasteiger partial charge in [-0.3, -0.25) is 4.28 Å². The Morgan fingerprint density at radius 3 is 2.40 bits per heavy atom. The van der Waals surface area contributed by atoms with Gasteiger partial charge in [0, 0.05) is 6.42 Å². The molecule has 13 heteroatoms. The van der Waals surface area contributed by atoms with Crippen molar-refractivity contribution in [3.8, 4) is 0 Å². The van der Waals surface area contributed by atoms with Gasteiger partial charge < -0.3 is 34.8 Å². The Balaban J connectivity index is 2.99. The third-order valence-electron chi connectivity index (χ3n) is 3.62. The minimum atomic E-state index is -5.14. The molecule has 1 rings (SSSR count). The Kier molecular flexibility index (Phi) is 8.04. The molecule has 0 aromatic heterocycles. The summed E-state index contributed by atoms with van der Waals surface area (Å²) in [5, 5.41) is 51.7. The van der Waals surface area contributed by atoms with E-state index >= 15 is 0 Å². The SMILES string of the molecule is CCC(C)(O)C/C(=N/OS(=O)(=O)[O-])S[C@@H]1O[C@H](CO)[C@@H](O)[C@H](O)[C@H]1O. The molecule has 5 N–H and O–H groups in total. The average Bonchev–Trinajstić information content (AvgIpc) is 2.52. The van der Waals surface area contributed by atoms with Crippen LogP contribution in [0.2, 0.25) is 0 Å². The predicted molar refractivity (Wildman–Crippen MR) is 85.1 cm³/mol. The second-order valence-electron chi connectivity index (χ2n) is 5.81. The van der Waals surface area contributed by atoms with E-state index in [0.717, 1.165) is 0 Å². The predicted octanol–water partition coefficient (Wildman–Crippen LogP) is -2.14. The van der Waals surface area contributed by atoms with Crippen LogP contribution in [0.25, 0.3) is 0 Å². The van der Waals surface area contributed by atoms with Gasteiger partial charge in [0.05, 0.1) is 12.2 Å². The van der Waals surface area contributed by atoms with Crippen LogP contribution in [0.3, 0.4) is 0 Å². The van der Waals surface area contributed by atoms with E-state index in [9.17, 15) is 33.4 Å². The molecule has 0 bridgehead atoms. The summed E-state index contributed by atoms with van der Waals surface area (Å²) in [6.45, 7) is 2.44. The summed E-state index contributed by atoms with van der Waals surface area (Å²) in [5.41, 5.74) is -2.59. The first kappa shape index (κ1) is 22.5. The number of thioether (sulfide) groups is 1. The zero-order valence-corrected chi connectivity index (χ0v) is 15.2. The van der Waals surface area contributed by atoms with Crippen molar-refractivity contribution in [3.05, 3.63) is 0 Å². The topological polar surface area (TPSA) is 189 Å². The van der Waals surface area contributed by atoms with Crippen molar-refractivity contribution < 1.29 is 47.5 Å². The summed E-state index contributed by atoms with van der Waals surface area (Å²) in [6.07, 6.45) is -5.96. The number of ether oxygens (including phenoxy) is 1. The monoisotopic (exact) mass is 404 g/mol. The summed E-state index contributed by atoms with van der Waals surface area (Å²) in [5.74, 6) is 0. The fourth-order valence-corrected chi connectivity index (χ4v) is 3.40. The summed E-state index contributed by atoms with van der Waals surface area (Å²) in [4.78, 5) is 0. The van der Waals surface area contributed by atoms with E-state index in [4.69, 9.17) is 9.84 Å². The summed E-state index contributed by atoms with van der Waals surface area (Å²) in [7, 11) is -5.14. The van der Waals surface area contributed by atoms with E-state index in [2.05, 4.69) is 9.44 Å². The van der Waals surface area contributed by atoms with Crippen LogP contribution < -0.4 is 0 Å². The Bertz CT molecular complexity index is 564. The van der Waals surface area contributed by atoms with Crippen LogP contribution in [0.15, 0.2) is 5.16 Å². The number of hydrogen-bond donors (Lipinski definition) is 5. The fourth-order valence-electron chi connectivity index (χ4n) is 1.93. The third-order valence-corrected chi connectivity index (χ3v) is 5.00. The Labute approximate surface area is 149 Å². The maximum Gasteiger partial charge on any atom is 0.284 e. The Hall–Kier alpha value is -0.510. The van der Waals surface area contributed by atoms with Crippen LogP contribution in [0.4, 0.5) is 0 Å². The van der Waals surface area contributed by atoms with Gasteiger partial charge in [0.2, 0.25) is 0 Å². The van der Waals surface area contributed by atoms with Gasteiger partial charge in [-0.2, -0.15) is 8.42 Å². The average molecular weight is 404 g/mol. The molecule has 0 radical (unpaired) electrons. The zero-order valence-electron chi connectivity index (χ0n) is 13.5. The number of oxime groups is 1. The molecule has 25 heavy (non-hydrogen) atoms. The van der Waals surface area contributed by atoms with E-state index in [-0.39, 0.29) is 17.9 Å². The summed E-state index contributed by atoms with van der Waals surface area (Å²) in [6, 6.07) is 0. The molecule has 1 fully saturated rings. The van der Waals surface area contributed by atoms with E-state index in [0.29, 0.717) is 11.8 Å². The van der Waals surface area contributed by atoms with Crippen molar-refractivity contribution in [2.24, 2.45) is 5.16 Å². The lowest BCUT2D eigenvalue weighted by molar-refractivity contribution is -0.205. The molecule has 1 saturated heterocycles. The molecule has 148 valence electrons. The van der Waals surface area contributed by atoms with Crippen LogP contribution in [0, 0.1) is 0 Å². The van der Waals surface area contributed by atoms with Crippen molar-refractivity contribution in [1.29, 1.82) is 0 Å². The standard InChI is InChI=1S/C12H23NO10S2/c1-3-12(2,18)4-7(13-23-25(19,20)21)24-11-10(17)9(16)8(15)6(5-14)22-11/h6,8-11,14-18H,3-5H2,1-2H3,(H,19,20,21)/p-1/b13-7-/t6-,8-,9+,10-,11+,12?/m1/s1. The van der Waals surface area contributed by atoms with E-state index in [1.54, 1.807) is 6.92 Å². The van der Waals surface area contributed by atoms with Gasteiger partial charge in [-0.25, -0.2) is 0 Å². The lowest BCUT2D eigenvalue weighted by atomic mass is 10.0. The van der Waals surface area contributed by atoms with E-state index < -0.39 is 52.5 Å². The maximum atomic E-state index is 10.6. The van der Waals surface area contributed by atoms with Crippen molar-refractivity contribution in [2.45, 2.75) is 62.1 Å². The Morgan fingerprint density at radius 1 is 1.32 bits per heavy atom. The third kappa shape index (κ3) is 6.96. The van der Waals surface area contributed by atoms with Crippen LogP contribution in [-0.2, 0) is 19.4 Å². The molecule has 0 aromatic rings. The number of hydrogen-bond acceptors (Lipinski definition) is 12. The van der Waals surface area contributed by atoms with E-state index in [1.807, 2.05) is 0 Å². The molecule has 11 nitrogen and oxygen atoms in total. The number of aliphatic hydroxyl groups excluding tert-OH is 4. The van der Waals surface area contributed by atoms with Crippen LogP contribution >= 0.6 is 11.8 Å². The highest BCUT2D eigenvalue weighted by atomic mass is 32.3. The molecule has 1 heterocycles. The molecule has 6 atom stereocenters. The molecular formula is C12H22NO10S2-. The van der Waals surface area contributed by atoms with E-state index in [1.165, 1.54) is 6.92 Å². The van der Waals surface area contributed by atoms with Gasteiger partial charge in [-0.15, -0.1) is 0 Å². The number of rotatable bonds is 7. The van der Waals surface area contributed by atoms with Crippen molar-refractivity contribution in [3.63, 3.8) is 0 Å². The smallest absolute Gasteiger partial charge is 0.284 e. The molecule has 0 spiro atoms. The highest BCUT2D eigenvalue weighted by molar-refractivity contribution is 8.14. The van der Waals surface area contributed by atoms with Crippen LogP contribution in [-0.4, -0.2) is 85.6 Å². The van der Waals surface area contributed by atoms with Gasteiger partial charge in [0.15, 0.2) is 0 Å². The molecule has 0 aliphatic carbocycles. The lowest BCUT2D eigenvalue weighted by Crippen LogP contribution is -2.57. The second kappa shape index (κ2) is 8.92. The van der Waals surface area contributed by atoms with Gasteiger partial charge in [-0.1, -0.05) is 23.8 Å². The highest BCUT2D eigenvalue weighted by Crippen LogP contribution is 2.32. The quantitative estimate of drug-likeness (QED) is 0.102. The molecule has 0 amide bonds. The minimum absolute atomic E-state index is 0.199. The van der Waals surface area contributed by atoms with Crippen molar-refractivity contribution in [2.75, 3.05) is 6.61 Å². The summed E-state index contributed by atoms with van der Waals surface area (Å²) >= 11 is 0.589. The normalized spacial score (nSPS) is 33.8. The Morgan fingerprint density at radius 2 is 1.92 bits per heavy atom. The van der Waals surface area contributed by atoms with Gasteiger partial charge in [0.1, 0.15) is 34.9 Å². The van der Waals surface area contributed by atoms with Crippen molar-refractivity contribution in [1.82, 2.24) is 0 Å². The molecular weight excluding hydrogens is 382 g/mol. The summed E-state index contributed by atoms with van der Waals surface area (Å²) < 4.78 is 40.8.